The molecule has 3 rings (SSSR count). The second kappa shape index (κ2) is 9.82. The minimum atomic E-state index is -0.698. The summed E-state index contributed by atoms with van der Waals surface area (Å²) in [6, 6.07) is 11.9. The van der Waals surface area contributed by atoms with E-state index in [-0.39, 0.29) is 23.9 Å². The van der Waals surface area contributed by atoms with Crippen LogP contribution in [0.2, 0.25) is 10.0 Å². The van der Waals surface area contributed by atoms with Gasteiger partial charge in [0.1, 0.15) is 5.75 Å². The summed E-state index contributed by atoms with van der Waals surface area (Å²) in [4.78, 5) is 38.3. The number of benzene rings is 2. The van der Waals surface area contributed by atoms with E-state index in [0.29, 0.717) is 28.8 Å². The van der Waals surface area contributed by atoms with Crippen molar-refractivity contribution in [2.75, 3.05) is 30.0 Å². The van der Waals surface area contributed by atoms with E-state index in [1.54, 1.807) is 42.5 Å². The number of carbonyl (C=O) groups excluding carboxylic acids is 3. The summed E-state index contributed by atoms with van der Waals surface area (Å²) in [6.45, 7) is 1.92. The standard InChI is InChI=1S/C21H20Cl2N2O5/c1-2-29-17-9-4-3-7-15(17)24-18(26)12-30-21(28)13-10-19(27)25(11-13)16-8-5-6-14(22)20(16)23/h3-9,13H,2,10-12H2,1H3,(H,24,26)/t13-/m0/s1. The van der Waals surface area contributed by atoms with Crippen molar-refractivity contribution in [3.05, 3.63) is 52.5 Å². The molecule has 1 heterocycles. The fourth-order valence-corrected chi connectivity index (χ4v) is 3.49. The van der Waals surface area contributed by atoms with Gasteiger partial charge in [0.25, 0.3) is 5.91 Å². The molecule has 2 amide bonds. The van der Waals surface area contributed by atoms with Crippen LogP contribution in [0.15, 0.2) is 42.5 Å². The van der Waals surface area contributed by atoms with Crippen LogP contribution in [0.1, 0.15) is 13.3 Å². The van der Waals surface area contributed by atoms with E-state index in [0.717, 1.165) is 0 Å². The Morgan fingerprint density at radius 3 is 2.70 bits per heavy atom. The van der Waals surface area contributed by atoms with Crippen LogP contribution in [-0.4, -0.2) is 37.5 Å². The van der Waals surface area contributed by atoms with Crippen molar-refractivity contribution < 1.29 is 23.9 Å². The zero-order chi connectivity index (χ0) is 21.7. The summed E-state index contributed by atoms with van der Waals surface area (Å²) in [7, 11) is 0. The second-order valence-corrected chi connectivity index (χ2v) is 7.35. The summed E-state index contributed by atoms with van der Waals surface area (Å²) in [5.41, 5.74) is 0.924. The predicted octanol–water partition coefficient (Wildman–Crippen LogP) is 3.93. The van der Waals surface area contributed by atoms with E-state index >= 15 is 0 Å². The fraction of sp³-hybridized carbons (Fsp3) is 0.286. The third kappa shape index (κ3) is 5.04. The number of hydrogen-bond acceptors (Lipinski definition) is 5. The zero-order valence-corrected chi connectivity index (χ0v) is 17.7. The maximum atomic E-state index is 12.4. The molecule has 0 bridgehead atoms. The van der Waals surface area contributed by atoms with Gasteiger partial charge in [0, 0.05) is 13.0 Å². The van der Waals surface area contributed by atoms with Gasteiger partial charge in [-0.3, -0.25) is 14.4 Å². The molecule has 1 N–H and O–H groups in total. The Bertz CT molecular complexity index is 966. The first kappa shape index (κ1) is 21.9. The number of ether oxygens (including phenoxy) is 2. The van der Waals surface area contributed by atoms with Gasteiger partial charge in [-0.1, -0.05) is 41.4 Å². The van der Waals surface area contributed by atoms with Crippen LogP contribution in [0, 0.1) is 5.92 Å². The monoisotopic (exact) mass is 450 g/mol. The van der Waals surface area contributed by atoms with E-state index in [1.165, 1.54) is 4.90 Å². The maximum Gasteiger partial charge on any atom is 0.311 e. The molecule has 0 unspecified atom stereocenters. The Kier molecular flexibility index (Phi) is 7.18. The molecule has 7 nitrogen and oxygen atoms in total. The Hall–Kier alpha value is -2.77. The number of amides is 2. The Morgan fingerprint density at radius 2 is 1.93 bits per heavy atom. The van der Waals surface area contributed by atoms with E-state index in [2.05, 4.69) is 5.32 Å². The van der Waals surface area contributed by atoms with Crippen molar-refractivity contribution in [1.82, 2.24) is 0 Å². The van der Waals surface area contributed by atoms with E-state index in [1.807, 2.05) is 6.92 Å². The SMILES string of the molecule is CCOc1ccccc1NC(=O)COC(=O)[C@H]1CC(=O)N(c2cccc(Cl)c2Cl)C1. The molecule has 2 aromatic rings. The van der Waals surface area contributed by atoms with Crippen molar-refractivity contribution in [3.63, 3.8) is 0 Å². The van der Waals surface area contributed by atoms with Crippen molar-refractivity contribution in [2.45, 2.75) is 13.3 Å². The van der Waals surface area contributed by atoms with Crippen molar-refractivity contribution >= 4 is 52.4 Å². The number of carbonyl (C=O) groups is 3. The number of nitrogens with one attached hydrogen (secondary N) is 1. The number of anilines is 2. The summed E-state index contributed by atoms with van der Waals surface area (Å²) in [6.07, 6.45) is -0.0313. The Balaban J connectivity index is 1.56. The second-order valence-electron chi connectivity index (χ2n) is 6.56. The normalized spacial score (nSPS) is 15.8. The van der Waals surface area contributed by atoms with Gasteiger partial charge >= 0.3 is 5.97 Å². The molecule has 1 aliphatic heterocycles. The van der Waals surface area contributed by atoms with Crippen LogP contribution < -0.4 is 15.0 Å². The number of hydrogen-bond donors (Lipinski definition) is 1. The molecule has 1 atom stereocenters. The molecule has 1 aliphatic rings. The molecule has 0 radical (unpaired) electrons. The lowest BCUT2D eigenvalue weighted by Gasteiger charge is -2.18. The smallest absolute Gasteiger partial charge is 0.311 e. The summed E-state index contributed by atoms with van der Waals surface area (Å²) >= 11 is 12.2. The van der Waals surface area contributed by atoms with E-state index in [4.69, 9.17) is 32.7 Å². The van der Waals surface area contributed by atoms with Gasteiger partial charge < -0.3 is 19.7 Å². The first-order valence-corrected chi connectivity index (χ1v) is 10.1. The zero-order valence-electron chi connectivity index (χ0n) is 16.2. The van der Waals surface area contributed by atoms with Gasteiger partial charge in [-0.05, 0) is 31.2 Å². The summed E-state index contributed by atoms with van der Waals surface area (Å²) in [5, 5.41) is 3.21. The largest absolute Gasteiger partial charge is 0.492 e. The quantitative estimate of drug-likeness (QED) is 0.645. The lowest BCUT2D eigenvalue weighted by molar-refractivity contribution is -0.151. The van der Waals surface area contributed by atoms with Crippen LogP contribution in [-0.2, 0) is 19.1 Å². The fourth-order valence-electron chi connectivity index (χ4n) is 3.09. The molecule has 0 aliphatic carbocycles. The Labute approximate surface area is 183 Å². The van der Waals surface area contributed by atoms with Crippen LogP contribution in [0.3, 0.4) is 0 Å². The number of rotatable bonds is 7. The van der Waals surface area contributed by atoms with E-state index < -0.39 is 24.4 Å². The van der Waals surface area contributed by atoms with Crippen molar-refractivity contribution in [3.8, 4) is 5.75 Å². The molecule has 9 heteroatoms. The van der Waals surface area contributed by atoms with Gasteiger partial charge in [-0.15, -0.1) is 0 Å². The van der Waals surface area contributed by atoms with E-state index in [9.17, 15) is 14.4 Å². The molecule has 158 valence electrons. The molecule has 1 saturated heterocycles. The molecule has 1 fully saturated rings. The third-order valence-electron chi connectivity index (χ3n) is 4.49. The van der Waals surface area contributed by atoms with Crippen LogP contribution >= 0.6 is 23.2 Å². The highest BCUT2D eigenvalue weighted by atomic mass is 35.5. The van der Waals surface area contributed by atoms with Crippen molar-refractivity contribution in [2.24, 2.45) is 5.92 Å². The maximum absolute atomic E-state index is 12.4. The van der Waals surface area contributed by atoms with Crippen molar-refractivity contribution in [1.29, 1.82) is 0 Å². The molecule has 2 aromatic carbocycles. The lowest BCUT2D eigenvalue weighted by Crippen LogP contribution is -2.28. The summed E-state index contributed by atoms with van der Waals surface area (Å²) < 4.78 is 10.6. The highest BCUT2D eigenvalue weighted by Crippen LogP contribution is 2.35. The van der Waals surface area contributed by atoms with Gasteiger partial charge in [-0.2, -0.15) is 0 Å². The molecular formula is C21H20Cl2N2O5. The predicted molar refractivity (Wildman–Crippen MR) is 114 cm³/mol. The number of halogens is 2. The van der Waals surface area contributed by atoms with Gasteiger partial charge in [-0.25, -0.2) is 0 Å². The van der Waals surface area contributed by atoms with Crippen LogP contribution in [0.4, 0.5) is 11.4 Å². The van der Waals surface area contributed by atoms with Gasteiger partial charge in [0.2, 0.25) is 5.91 Å². The first-order chi connectivity index (χ1) is 14.4. The molecular weight excluding hydrogens is 431 g/mol. The average Bonchev–Trinajstić information content (AvgIpc) is 3.11. The van der Waals surface area contributed by atoms with Crippen LogP contribution in [0.25, 0.3) is 0 Å². The number of nitrogens with zero attached hydrogens (tertiary/aromatic N) is 1. The molecule has 30 heavy (non-hydrogen) atoms. The van der Waals surface area contributed by atoms with Crippen LogP contribution in [0.5, 0.6) is 5.75 Å². The topological polar surface area (TPSA) is 84.9 Å². The minimum absolute atomic E-state index is 0.0313. The first-order valence-electron chi connectivity index (χ1n) is 9.33. The van der Waals surface area contributed by atoms with Gasteiger partial charge in [0.15, 0.2) is 6.61 Å². The molecule has 0 aromatic heterocycles. The number of esters is 1. The minimum Gasteiger partial charge on any atom is -0.492 e. The van der Waals surface area contributed by atoms with Gasteiger partial charge in [0.05, 0.1) is 33.9 Å². The lowest BCUT2D eigenvalue weighted by atomic mass is 10.1. The molecule has 0 saturated carbocycles. The summed E-state index contributed by atoms with van der Waals surface area (Å²) in [5.74, 6) is -1.57. The highest BCUT2D eigenvalue weighted by molar-refractivity contribution is 6.44. The third-order valence-corrected chi connectivity index (χ3v) is 5.30. The molecule has 0 spiro atoms. The highest BCUT2D eigenvalue weighted by Gasteiger charge is 2.37. The number of para-hydroxylation sites is 2. The Morgan fingerprint density at radius 1 is 1.17 bits per heavy atom. The average molecular weight is 451 g/mol.